The molecule has 2 heterocycles. The number of likely N-dealkylation sites (tertiary alicyclic amines) is 1. The van der Waals surface area contributed by atoms with Gasteiger partial charge in [0.2, 0.25) is 5.91 Å². The average Bonchev–Trinajstić information content (AvgIpc) is 3.22. The molecule has 0 saturated carbocycles. The molecule has 0 radical (unpaired) electrons. The molecule has 0 spiro atoms. The second kappa shape index (κ2) is 8.22. The van der Waals surface area contributed by atoms with E-state index in [1.54, 1.807) is 0 Å². The predicted molar refractivity (Wildman–Crippen MR) is 104 cm³/mol. The Morgan fingerprint density at radius 2 is 1.85 bits per heavy atom. The topological polar surface area (TPSA) is 63.1 Å². The van der Waals surface area contributed by atoms with E-state index in [0.717, 1.165) is 36.3 Å². The summed E-state index contributed by atoms with van der Waals surface area (Å²) in [6.07, 6.45) is 2.49. The Hall–Kier alpha value is -1.86. The highest BCUT2D eigenvalue weighted by molar-refractivity contribution is 7.99. The van der Waals surface area contributed by atoms with Crippen molar-refractivity contribution in [2.45, 2.75) is 50.9 Å². The van der Waals surface area contributed by atoms with E-state index in [1.807, 2.05) is 39.0 Å². The molecule has 0 aliphatic carbocycles. The lowest BCUT2D eigenvalue weighted by Crippen LogP contribution is -2.41. The van der Waals surface area contributed by atoms with Crippen molar-refractivity contribution in [3.8, 4) is 5.69 Å². The summed E-state index contributed by atoms with van der Waals surface area (Å²) in [7, 11) is 0. The van der Waals surface area contributed by atoms with Crippen LogP contribution in [0.1, 0.15) is 39.4 Å². The first-order valence-electron chi connectivity index (χ1n) is 9.08. The molecule has 1 aromatic carbocycles. The minimum absolute atomic E-state index is 0.00574. The van der Waals surface area contributed by atoms with Gasteiger partial charge in [0.05, 0.1) is 12.3 Å². The lowest BCUT2D eigenvalue weighted by Gasteiger charge is -2.20. The van der Waals surface area contributed by atoms with Crippen LogP contribution >= 0.6 is 11.8 Å². The zero-order valence-corrected chi connectivity index (χ0v) is 16.6. The third-order valence-corrected chi connectivity index (χ3v) is 5.05. The largest absolute Gasteiger partial charge is 0.351 e. The zero-order valence-electron chi connectivity index (χ0n) is 15.7. The molecule has 1 fully saturated rings. The maximum atomic E-state index is 12.2. The van der Waals surface area contributed by atoms with Crippen molar-refractivity contribution in [3.63, 3.8) is 0 Å². The van der Waals surface area contributed by atoms with Crippen molar-refractivity contribution >= 4 is 17.7 Å². The van der Waals surface area contributed by atoms with E-state index in [2.05, 4.69) is 37.1 Å². The number of nitrogens with zero attached hydrogens (tertiary/aromatic N) is 4. The van der Waals surface area contributed by atoms with Crippen LogP contribution in [0.4, 0.5) is 0 Å². The van der Waals surface area contributed by atoms with Gasteiger partial charge in [-0.05, 0) is 58.8 Å². The van der Waals surface area contributed by atoms with Crippen molar-refractivity contribution in [3.05, 3.63) is 36.2 Å². The number of carbonyl (C=O) groups excluding carboxylic acids is 1. The van der Waals surface area contributed by atoms with E-state index in [4.69, 9.17) is 0 Å². The van der Waals surface area contributed by atoms with Gasteiger partial charge in [0, 0.05) is 11.2 Å². The van der Waals surface area contributed by atoms with E-state index in [1.165, 1.54) is 24.6 Å². The lowest BCUT2D eigenvalue weighted by atomic mass is 10.1. The zero-order chi connectivity index (χ0) is 18.6. The van der Waals surface area contributed by atoms with Crippen molar-refractivity contribution in [1.29, 1.82) is 0 Å². The van der Waals surface area contributed by atoms with Crippen molar-refractivity contribution in [2.75, 3.05) is 18.8 Å². The van der Waals surface area contributed by atoms with Crippen LogP contribution in [0.5, 0.6) is 0 Å². The molecule has 7 heteroatoms. The van der Waals surface area contributed by atoms with Crippen LogP contribution < -0.4 is 5.32 Å². The number of hydrogen-bond donors (Lipinski definition) is 1. The molecular formula is C19H27N5OS. The molecule has 3 rings (SSSR count). The van der Waals surface area contributed by atoms with Crippen LogP contribution in [0.3, 0.4) is 0 Å². The highest BCUT2D eigenvalue weighted by atomic mass is 32.2. The van der Waals surface area contributed by atoms with Crippen LogP contribution in [-0.2, 0) is 11.3 Å². The summed E-state index contributed by atoms with van der Waals surface area (Å²) in [6.45, 7) is 8.95. The van der Waals surface area contributed by atoms with Gasteiger partial charge in [-0.1, -0.05) is 30.0 Å². The maximum Gasteiger partial charge on any atom is 0.230 e. The molecule has 0 bridgehead atoms. The minimum atomic E-state index is -0.230. The highest BCUT2D eigenvalue weighted by Crippen LogP contribution is 2.23. The molecule has 1 aliphatic rings. The van der Waals surface area contributed by atoms with Gasteiger partial charge in [-0.25, -0.2) is 0 Å². The van der Waals surface area contributed by atoms with Crippen LogP contribution in [0, 0.1) is 0 Å². The van der Waals surface area contributed by atoms with Gasteiger partial charge in [0.25, 0.3) is 0 Å². The average molecular weight is 374 g/mol. The Morgan fingerprint density at radius 1 is 1.15 bits per heavy atom. The third-order valence-electron chi connectivity index (χ3n) is 4.13. The molecule has 6 nitrogen and oxygen atoms in total. The molecule has 1 aliphatic heterocycles. The number of carbonyl (C=O) groups is 1. The first-order chi connectivity index (χ1) is 12.4. The number of amides is 1. The van der Waals surface area contributed by atoms with Crippen molar-refractivity contribution in [1.82, 2.24) is 25.0 Å². The molecule has 140 valence electrons. The fourth-order valence-corrected chi connectivity index (χ4v) is 3.83. The second-order valence-corrected chi connectivity index (χ2v) is 8.58. The normalized spacial score (nSPS) is 15.3. The number of para-hydroxylation sites is 1. The van der Waals surface area contributed by atoms with Crippen LogP contribution in [0.25, 0.3) is 5.69 Å². The number of benzene rings is 1. The van der Waals surface area contributed by atoms with Crippen molar-refractivity contribution < 1.29 is 4.79 Å². The van der Waals surface area contributed by atoms with Gasteiger partial charge in [-0.15, -0.1) is 10.2 Å². The van der Waals surface area contributed by atoms with E-state index in [-0.39, 0.29) is 11.4 Å². The van der Waals surface area contributed by atoms with E-state index >= 15 is 0 Å². The summed E-state index contributed by atoms with van der Waals surface area (Å²) >= 11 is 1.43. The van der Waals surface area contributed by atoms with Crippen molar-refractivity contribution in [2.24, 2.45) is 0 Å². The van der Waals surface area contributed by atoms with Gasteiger partial charge >= 0.3 is 0 Å². The monoisotopic (exact) mass is 373 g/mol. The number of thioether (sulfide) groups is 1. The van der Waals surface area contributed by atoms with E-state index in [9.17, 15) is 4.79 Å². The molecule has 26 heavy (non-hydrogen) atoms. The summed E-state index contributed by atoms with van der Waals surface area (Å²) in [5.41, 5.74) is 0.802. The molecule has 0 atom stereocenters. The first kappa shape index (κ1) is 18.9. The fraction of sp³-hybridized carbons (Fsp3) is 0.526. The summed E-state index contributed by atoms with van der Waals surface area (Å²) in [4.78, 5) is 14.6. The fourth-order valence-electron chi connectivity index (χ4n) is 3.06. The molecule has 2 aromatic rings. The molecule has 1 saturated heterocycles. The Labute approximate surface area is 159 Å². The van der Waals surface area contributed by atoms with Crippen LogP contribution in [-0.4, -0.2) is 50.0 Å². The van der Waals surface area contributed by atoms with Gasteiger partial charge < -0.3 is 5.32 Å². The third kappa shape index (κ3) is 5.08. The SMILES string of the molecule is CC(C)(C)NC(=O)CSc1nnc(CN2CCCC2)n1-c1ccccc1. The smallest absolute Gasteiger partial charge is 0.230 e. The standard InChI is InChI=1S/C19H27N5OS/c1-19(2,3)20-17(25)14-26-18-22-21-16(13-23-11-7-8-12-23)24(18)15-9-5-4-6-10-15/h4-6,9-10H,7-8,11-14H2,1-3H3,(H,20,25). The number of rotatable bonds is 6. The molecule has 0 unspecified atom stereocenters. The quantitative estimate of drug-likeness (QED) is 0.789. The number of aromatic nitrogens is 3. The van der Waals surface area contributed by atoms with Gasteiger partial charge in [0.15, 0.2) is 11.0 Å². The van der Waals surface area contributed by atoms with Crippen LogP contribution in [0.15, 0.2) is 35.5 Å². The Bertz CT molecular complexity index is 732. The maximum absolute atomic E-state index is 12.2. The second-order valence-electron chi connectivity index (χ2n) is 7.64. The summed E-state index contributed by atoms with van der Waals surface area (Å²) in [5.74, 6) is 1.26. The first-order valence-corrected chi connectivity index (χ1v) is 10.1. The van der Waals surface area contributed by atoms with Gasteiger partial charge in [-0.3, -0.25) is 14.3 Å². The van der Waals surface area contributed by atoms with Gasteiger partial charge in [0.1, 0.15) is 0 Å². The predicted octanol–water partition coefficient (Wildman–Crippen LogP) is 2.87. The van der Waals surface area contributed by atoms with E-state index in [0.29, 0.717) is 5.75 Å². The number of hydrogen-bond acceptors (Lipinski definition) is 5. The lowest BCUT2D eigenvalue weighted by molar-refractivity contribution is -0.119. The molecular weight excluding hydrogens is 346 g/mol. The van der Waals surface area contributed by atoms with Gasteiger partial charge in [-0.2, -0.15) is 0 Å². The molecule has 1 aromatic heterocycles. The summed E-state index contributed by atoms with van der Waals surface area (Å²) in [5, 5.41) is 12.5. The van der Waals surface area contributed by atoms with E-state index < -0.39 is 0 Å². The molecule has 1 amide bonds. The Morgan fingerprint density at radius 3 is 2.50 bits per heavy atom. The number of nitrogens with one attached hydrogen (secondary N) is 1. The Balaban J connectivity index is 1.78. The Kier molecular flexibility index (Phi) is 5.98. The summed E-state index contributed by atoms with van der Waals surface area (Å²) < 4.78 is 2.08. The van der Waals surface area contributed by atoms with Crippen LogP contribution in [0.2, 0.25) is 0 Å². The highest BCUT2D eigenvalue weighted by Gasteiger charge is 2.20. The molecule has 1 N–H and O–H groups in total. The summed E-state index contributed by atoms with van der Waals surface area (Å²) in [6, 6.07) is 10.1. The minimum Gasteiger partial charge on any atom is -0.351 e.